The van der Waals surface area contributed by atoms with Gasteiger partial charge in [0.1, 0.15) is 16.9 Å². The number of carbonyl (C=O) groups excluding carboxylic acids is 2. The summed E-state index contributed by atoms with van der Waals surface area (Å²) < 4.78 is 16.5. The predicted octanol–water partition coefficient (Wildman–Crippen LogP) is 5.17. The molecule has 0 aliphatic heterocycles. The zero-order chi connectivity index (χ0) is 20.9. The van der Waals surface area contributed by atoms with Crippen molar-refractivity contribution in [3.05, 3.63) is 72.3 Å². The first kappa shape index (κ1) is 19.5. The Morgan fingerprint density at radius 2 is 1.70 bits per heavy atom. The van der Waals surface area contributed by atoms with E-state index in [1.165, 1.54) is 0 Å². The minimum Gasteiger partial charge on any atom is -0.484 e. The molecular weight excluding hydrogens is 382 g/mol. The second kappa shape index (κ2) is 8.69. The number of esters is 1. The summed E-state index contributed by atoms with van der Waals surface area (Å²) in [5.74, 6) is -0.0908. The van der Waals surface area contributed by atoms with E-state index in [4.69, 9.17) is 13.9 Å². The third kappa shape index (κ3) is 4.27. The van der Waals surface area contributed by atoms with Gasteiger partial charge in [0.15, 0.2) is 6.61 Å². The van der Waals surface area contributed by atoms with E-state index in [2.05, 4.69) is 5.32 Å². The smallest absolute Gasteiger partial charge is 0.338 e. The zero-order valence-corrected chi connectivity index (χ0v) is 16.5. The van der Waals surface area contributed by atoms with Gasteiger partial charge in [-0.2, -0.15) is 0 Å². The molecule has 1 aromatic heterocycles. The maximum atomic E-state index is 12.2. The first-order chi connectivity index (χ1) is 14.6. The summed E-state index contributed by atoms with van der Waals surface area (Å²) in [6, 6.07) is 19.8. The first-order valence-corrected chi connectivity index (χ1v) is 9.75. The summed E-state index contributed by atoms with van der Waals surface area (Å²) >= 11 is 0. The Labute approximate surface area is 173 Å². The van der Waals surface area contributed by atoms with Gasteiger partial charge in [-0.1, -0.05) is 25.1 Å². The van der Waals surface area contributed by atoms with Crippen LogP contribution in [-0.2, 0) is 9.53 Å². The van der Waals surface area contributed by atoms with E-state index in [-0.39, 0.29) is 18.5 Å². The molecule has 0 saturated carbocycles. The van der Waals surface area contributed by atoms with Crippen molar-refractivity contribution >= 4 is 39.5 Å². The maximum absolute atomic E-state index is 12.2. The highest BCUT2D eigenvalue weighted by Crippen LogP contribution is 2.31. The lowest BCUT2D eigenvalue weighted by Crippen LogP contribution is -2.20. The molecule has 6 nitrogen and oxygen atoms in total. The van der Waals surface area contributed by atoms with Crippen LogP contribution in [0.5, 0.6) is 5.75 Å². The van der Waals surface area contributed by atoms with Gasteiger partial charge in [-0.05, 0) is 55.0 Å². The van der Waals surface area contributed by atoms with Crippen molar-refractivity contribution in [1.29, 1.82) is 0 Å². The van der Waals surface area contributed by atoms with Gasteiger partial charge in [-0.3, -0.25) is 4.79 Å². The topological polar surface area (TPSA) is 77.8 Å². The van der Waals surface area contributed by atoms with E-state index in [1.54, 1.807) is 30.3 Å². The molecule has 1 N–H and O–H groups in total. The Morgan fingerprint density at radius 1 is 0.933 bits per heavy atom. The van der Waals surface area contributed by atoms with Crippen LogP contribution in [0.4, 0.5) is 5.69 Å². The monoisotopic (exact) mass is 403 g/mol. The highest BCUT2D eigenvalue weighted by Gasteiger charge is 2.10. The fourth-order valence-electron chi connectivity index (χ4n) is 3.11. The predicted molar refractivity (Wildman–Crippen MR) is 115 cm³/mol. The van der Waals surface area contributed by atoms with Crippen LogP contribution in [-0.4, -0.2) is 25.1 Å². The molecule has 4 aromatic rings. The molecule has 4 rings (SSSR count). The number of amides is 1. The number of furan rings is 1. The van der Waals surface area contributed by atoms with Crippen LogP contribution in [0.3, 0.4) is 0 Å². The van der Waals surface area contributed by atoms with Crippen molar-refractivity contribution in [2.45, 2.75) is 13.3 Å². The van der Waals surface area contributed by atoms with E-state index in [9.17, 15) is 9.59 Å². The van der Waals surface area contributed by atoms with Gasteiger partial charge in [0.2, 0.25) is 0 Å². The van der Waals surface area contributed by atoms with Crippen LogP contribution in [0.25, 0.3) is 21.9 Å². The second-order valence-corrected chi connectivity index (χ2v) is 6.81. The molecule has 0 fully saturated rings. The maximum Gasteiger partial charge on any atom is 0.338 e. The molecule has 0 spiro atoms. The van der Waals surface area contributed by atoms with Gasteiger partial charge >= 0.3 is 5.97 Å². The lowest BCUT2D eigenvalue weighted by Gasteiger charge is -2.08. The van der Waals surface area contributed by atoms with Crippen molar-refractivity contribution in [1.82, 2.24) is 0 Å². The molecule has 1 heterocycles. The minimum absolute atomic E-state index is 0.137. The molecule has 1 amide bonds. The SMILES string of the molecule is CCCOC(=O)c1ccc(NC(=O)COc2ccc3oc4ccccc4c3c2)cc1. The Bertz CT molecular complexity index is 1190. The Morgan fingerprint density at radius 3 is 2.50 bits per heavy atom. The molecule has 0 aliphatic rings. The van der Waals surface area contributed by atoms with Crippen LogP contribution in [0.1, 0.15) is 23.7 Å². The van der Waals surface area contributed by atoms with Gasteiger partial charge < -0.3 is 19.2 Å². The van der Waals surface area contributed by atoms with Crippen molar-refractivity contribution in [3.8, 4) is 5.75 Å². The summed E-state index contributed by atoms with van der Waals surface area (Å²) in [5, 5.41) is 4.69. The fraction of sp³-hybridized carbons (Fsp3) is 0.167. The van der Waals surface area contributed by atoms with Crippen LogP contribution in [0.15, 0.2) is 71.1 Å². The standard InChI is InChI=1S/C24H21NO5/c1-2-13-28-24(27)16-7-9-17(10-8-16)25-23(26)15-29-18-11-12-22-20(14-18)19-5-3-4-6-21(19)30-22/h3-12,14H,2,13,15H2,1H3,(H,25,26). The van der Waals surface area contributed by atoms with Gasteiger partial charge in [0.05, 0.1) is 12.2 Å². The van der Waals surface area contributed by atoms with Crippen LogP contribution in [0.2, 0.25) is 0 Å². The molecule has 6 heteroatoms. The van der Waals surface area contributed by atoms with E-state index < -0.39 is 0 Å². The number of benzene rings is 3. The van der Waals surface area contributed by atoms with Crippen LogP contribution in [0, 0.1) is 0 Å². The Hall–Kier alpha value is -3.80. The average Bonchev–Trinajstić information content (AvgIpc) is 3.14. The highest BCUT2D eigenvalue weighted by molar-refractivity contribution is 6.05. The third-order valence-electron chi connectivity index (χ3n) is 4.56. The van der Waals surface area contributed by atoms with Crippen LogP contribution >= 0.6 is 0 Å². The normalized spacial score (nSPS) is 10.8. The fourth-order valence-corrected chi connectivity index (χ4v) is 3.11. The Balaban J connectivity index is 1.36. The highest BCUT2D eigenvalue weighted by atomic mass is 16.5. The summed E-state index contributed by atoms with van der Waals surface area (Å²) in [5.41, 5.74) is 2.60. The van der Waals surface area contributed by atoms with Crippen molar-refractivity contribution in [2.24, 2.45) is 0 Å². The number of para-hydroxylation sites is 1. The van der Waals surface area contributed by atoms with E-state index in [0.717, 1.165) is 28.4 Å². The zero-order valence-electron chi connectivity index (χ0n) is 16.5. The summed E-state index contributed by atoms with van der Waals surface area (Å²) in [7, 11) is 0. The van der Waals surface area contributed by atoms with Gasteiger partial charge in [-0.15, -0.1) is 0 Å². The lowest BCUT2D eigenvalue weighted by atomic mass is 10.1. The van der Waals surface area contributed by atoms with E-state index >= 15 is 0 Å². The number of hydrogen-bond donors (Lipinski definition) is 1. The molecule has 0 unspecified atom stereocenters. The quantitative estimate of drug-likeness (QED) is 0.431. The molecule has 152 valence electrons. The molecule has 30 heavy (non-hydrogen) atoms. The summed E-state index contributed by atoms with van der Waals surface area (Å²) in [6.45, 7) is 2.18. The molecule has 3 aromatic carbocycles. The number of fused-ring (bicyclic) bond motifs is 3. The number of ether oxygens (including phenoxy) is 2. The summed E-state index contributed by atoms with van der Waals surface area (Å²) in [6.07, 6.45) is 0.767. The lowest BCUT2D eigenvalue weighted by molar-refractivity contribution is -0.118. The molecular formula is C24H21NO5. The second-order valence-electron chi connectivity index (χ2n) is 6.81. The van der Waals surface area contributed by atoms with Gasteiger partial charge in [0.25, 0.3) is 5.91 Å². The molecule has 0 atom stereocenters. The van der Waals surface area contributed by atoms with Crippen molar-refractivity contribution in [2.75, 3.05) is 18.5 Å². The molecule has 0 aliphatic carbocycles. The molecule has 0 bridgehead atoms. The number of hydrogen-bond acceptors (Lipinski definition) is 5. The molecule has 0 saturated heterocycles. The van der Waals surface area contributed by atoms with Gasteiger partial charge in [-0.25, -0.2) is 4.79 Å². The number of carbonyl (C=O) groups is 2. The molecule has 0 radical (unpaired) electrons. The first-order valence-electron chi connectivity index (χ1n) is 9.75. The number of nitrogens with one attached hydrogen (secondary N) is 1. The minimum atomic E-state index is -0.375. The largest absolute Gasteiger partial charge is 0.484 e. The average molecular weight is 403 g/mol. The van der Waals surface area contributed by atoms with Crippen molar-refractivity contribution < 1.29 is 23.5 Å². The van der Waals surface area contributed by atoms with E-state index in [0.29, 0.717) is 23.6 Å². The Kier molecular flexibility index (Phi) is 5.66. The third-order valence-corrected chi connectivity index (χ3v) is 4.56. The summed E-state index contributed by atoms with van der Waals surface area (Å²) in [4.78, 5) is 24.0. The number of rotatable bonds is 7. The van der Waals surface area contributed by atoms with E-state index in [1.807, 2.05) is 43.3 Å². The van der Waals surface area contributed by atoms with Crippen LogP contribution < -0.4 is 10.1 Å². The number of anilines is 1. The van der Waals surface area contributed by atoms with Crippen molar-refractivity contribution in [3.63, 3.8) is 0 Å². The van der Waals surface area contributed by atoms with Gasteiger partial charge in [0, 0.05) is 16.5 Å².